The molecule has 1 aliphatic carbocycles. The molecule has 0 bridgehead atoms. The molecule has 1 amide bonds. The minimum atomic E-state index is -1.88. The fraction of sp³-hybridized carbons (Fsp3) is 0.238. The van der Waals surface area contributed by atoms with Gasteiger partial charge in [-0.25, -0.2) is 4.98 Å². The smallest absolute Gasteiger partial charge is 0.320 e. The largest absolute Gasteiger partial charge is 0.394 e. The number of nitrogens with two attached hydrogens (primary N) is 2. The number of pyridine rings is 1. The van der Waals surface area contributed by atoms with E-state index in [-0.39, 0.29) is 22.5 Å². The molecule has 1 heterocycles. The van der Waals surface area contributed by atoms with Gasteiger partial charge >= 0.3 is 5.91 Å². The van der Waals surface area contributed by atoms with Crippen LogP contribution < -0.4 is 27.3 Å². The zero-order valence-corrected chi connectivity index (χ0v) is 16.8. The van der Waals surface area contributed by atoms with Crippen molar-refractivity contribution in [3.8, 4) is 0 Å². The Kier molecular flexibility index (Phi) is 4.63. The van der Waals surface area contributed by atoms with Crippen molar-refractivity contribution in [2.75, 3.05) is 11.2 Å². The summed E-state index contributed by atoms with van der Waals surface area (Å²) in [6, 6.07) is 11.8. The molecule has 2 aromatic carbocycles. The van der Waals surface area contributed by atoms with Gasteiger partial charge in [-0.2, -0.15) is 0 Å². The van der Waals surface area contributed by atoms with Gasteiger partial charge in [0, 0.05) is 11.5 Å². The molecule has 9 nitrogen and oxygen atoms in total. The highest BCUT2D eigenvalue weighted by atomic mass is 16.9. The highest BCUT2D eigenvalue weighted by Gasteiger charge is 2.38. The summed E-state index contributed by atoms with van der Waals surface area (Å²) in [5.74, 6) is 4.72. The lowest BCUT2D eigenvalue weighted by molar-refractivity contribution is -0.314. The highest BCUT2D eigenvalue weighted by Crippen LogP contribution is 2.42. The molecule has 156 valence electrons. The number of hydrogen-bond acceptors (Lipinski definition) is 7. The molecule has 1 aliphatic rings. The van der Waals surface area contributed by atoms with E-state index in [2.05, 4.69) is 29.7 Å². The van der Waals surface area contributed by atoms with Crippen molar-refractivity contribution < 1.29 is 15.2 Å². The Balaban J connectivity index is 1.65. The highest BCUT2D eigenvalue weighted by molar-refractivity contribution is 5.98. The average molecular weight is 409 g/mol. The van der Waals surface area contributed by atoms with Gasteiger partial charge in [0.2, 0.25) is 0 Å². The molecule has 0 radical (unpaired) electrons. The second-order valence-electron chi connectivity index (χ2n) is 8.21. The first kappa shape index (κ1) is 20.0. The van der Waals surface area contributed by atoms with E-state index in [0.717, 1.165) is 29.4 Å². The number of fused-ring (bicyclic) bond motifs is 2. The summed E-state index contributed by atoms with van der Waals surface area (Å²) in [5.41, 5.74) is 14.1. The van der Waals surface area contributed by atoms with Crippen molar-refractivity contribution in [1.29, 1.82) is 0 Å². The van der Waals surface area contributed by atoms with Crippen LogP contribution in [0.3, 0.4) is 0 Å². The van der Waals surface area contributed by atoms with Crippen LogP contribution in [-0.4, -0.2) is 21.3 Å². The van der Waals surface area contributed by atoms with Crippen LogP contribution in [0.1, 0.15) is 41.9 Å². The number of rotatable bonds is 4. The summed E-state index contributed by atoms with van der Waals surface area (Å²) >= 11 is 0. The van der Waals surface area contributed by atoms with Gasteiger partial charge in [0.05, 0.1) is 16.1 Å². The second kappa shape index (κ2) is 6.92. The number of hydrogen-bond donors (Lipinski definition) is 6. The first-order chi connectivity index (χ1) is 14.1. The number of aromatic nitrogens is 1. The molecule has 3 aromatic rings. The summed E-state index contributed by atoms with van der Waals surface area (Å²) in [7, 11) is 0. The predicted octanol–water partition coefficient (Wildman–Crippen LogP) is 2.76. The first-order valence-electron chi connectivity index (χ1n) is 9.59. The standard InChI is InChI=1S/C21H24N6O3/c1-21(2)9-8-12-10-15(22)19(11-14(12)21)27(29,30)26-20(28)18-7-6-13-16(24-18)4-3-5-17(13)25-23/h3-7,10-11,29-30H,8-9,22H2,1-2H3,(H3-,23,24,25,26,28)/p+1. The van der Waals surface area contributed by atoms with Crippen LogP contribution in [0.25, 0.3) is 10.9 Å². The normalized spacial score (nSPS) is 15.1. The molecule has 0 unspecified atom stereocenters. The van der Waals surface area contributed by atoms with E-state index in [1.807, 2.05) is 0 Å². The van der Waals surface area contributed by atoms with Crippen LogP contribution >= 0.6 is 0 Å². The lowest BCUT2D eigenvalue weighted by atomic mass is 9.86. The minimum Gasteiger partial charge on any atom is -0.394 e. The van der Waals surface area contributed by atoms with Crippen molar-refractivity contribution in [2.45, 2.75) is 32.1 Å². The van der Waals surface area contributed by atoms with E-state index >= 15 is 0 Å². The third kappa shape index (κ3) is 3.33. The number of benzene rings is 2. The quantitative estimate of drug-likeness (QED) is 0.168. The zero-order chi connectivity index (χ0) is 21.7. The first-order valence-corrected chi connectivity index (χ1v) is 9.59. The van der Waals surface area contributed by atoms with Crippen molar-refractivity contribution >= 4 is 33.9 Å². The minimum absolute atomic E-state index is 0.0160. The molecule has 8 N–H and O–H groups in total. The predicted molar refractivity (Wildman–Crippen MR) is 115 cm³/mol. The summed E-state index contributed by atoms with van der Waals surface area (Å²) in [4.78, 5) is 15.1. The third-order valence-corrected chi connectivity index (χ3v) is 5.71. The molecule has 0 saturated heterocycles. The van der Waals surface area contributed by atoms with Crippen molar-refractivity contribution in [2.24, 2.45) is 5.84 Å². The van der Waals surface area contributed by atoms with Crippen molar-refractivity contribution in [1.82, 2.24) is 15.3 Å². The number of nitrogens with zero attached hydrogens (tertiary/aromatic N) is 2. The molecular weight excluding hydrogens is 384 g/mol. The molecule has 0 spiro atoms. The van der Waals surface area contributed by atoms with Gasteiger partial charge < -0.3 is 11.2 Å². The number of aryl methyl sites for hydroxylation is 1. The van der Waals surface area contributed by atoms with Crippen LogP contribution in [0.5, 0.6) is 0 Å². The maximum Gasteiger partial charge on any atom is 0.320 e. The maximum absolute atomic E-state index is 12.7. The molecule has 0 fully saturated rings. The van der Waals surface area contributed by atoms with Crippen LogP contribution in [0, 0.1) is 0 Å². The van der Waals surface area contributed by atoms with Crippen molar-refractivity contribution in [3.05, 3.63) is 59.3 Å². The number of carbonyl (C=O) groups is 1. The average Bonchev–Trinajstić information content (AvgIpc) is 2.99. The summed E-state index contributed by atoms with van der Waals surface area (Å²) < 4.78 is 0. The Hall–Kier alpha value is -3.24. The second-order valence-corrected chi connectivity index (χ2v) is 8.21. The molecule has 0 atom stereocenters. The lowest BCUT2D eigenvalue weighted by Gasteiger charge is -2.24. The van der Waals surface area contributed by atoms with Crippen LogP contribution in [0.2, 0.25) is 0 Å². The van der Waals surface area contributed by atoms with E-state index < -0.39 is 10.8 Å². The van der Waals surface area contributed by atoms with E-state index in [1.165, 1.54) is 6.07 Å². The Bertz CT molecular complexity index is 1160. The Morgan fingerprint density at radius 3 is 2.70 bits per heavy atom. The number of quaternary nitrogens is 1. The molecule has 1 aromatic heterocycles. The van der Waals surface area contributed by atoms with Crippen LogP contribution in [-0.2, 0) is 11.8 Å². The summed E-state index contributed by atoms with van der Waals surface area (Å²) in [6.07, 6.45) is 1.81. The van der Waals surface area contributed by atoms with E-state index in [4.69, 9.17) is 11.6 Å². The Morgan fingerprint density at radius 2 is 1.97 bits per heavy atom. The number of nitrogens with one attached hydrogen (secondary N) is 2. The Labute approximate surface area is 173 Å². The molecule has 0 saturated carbocycles. The number of carbonyl (C=O) groups excluding carboxylic acids is 1. The van der Waals surface area contributed by atoms with Gasteiger partial charge in [-0.3, -0.25) is 10.6 Å². The van der Waals surface area contributed by atoms with Crippen LogP contribution in [0.15, 0.2) is 42.5 Å². The topological polar surface area (TPSA) is 147 Å². The van der Waals surface area contributed by atoms with Gasteiger partial charge in [0.25, 0.3) is 5.69 Å². The fourth-order valence-corrected chi connectivity index (χ4v) is 4.01. The van der Waals surface area contributed by atoms with E-state index in [1.54, 1.807) is 36.4 Å². The van der Waals surface area contributed by atoms with Gasteiger partial charge in [0.1, 0.15) is 11.4 Å². The van der Waals surface area contributed by atoms with Crippen molar-refractivity contribution in [3.63, 3.8) is 0 Å². The fourth-order valence-electron chi connectivity index (χ4n) is 4.01. The zero-order valence-electron chi connectivity index (χ0n) is 16.8. The maximum atomic E-state index is 12.7. The third-order valence-electron chi connectivity index (χ3n) is 5.71. The lowest BCUT2D eigenvalue weighted by Crippen LogP contribution is -2.57. The SMILES string of the molecule is CC1(C)CCc2cc(N)c([N+](O)(O)NC(=O)c3ccc4c(NN)cccc4n3)cc21. The van der Waals surface area contributed by atoms with Crippen LogP contribution in [0.4, 0.5) is 17.1 Å². The summed E-state index contributed by atoms with van der Waals surface area (Å²) in [5, 5.41) is 22.0. The molecular formula is C21H25N6O3+. The molecule has 9 heteroatoms. The Morgan fingerprint density at radius 1 is 1.20 bits per heavy atom. The summed E-state index contributed by atoms with van der Waals surface area (Å²) in [6.45, 7) is 4.18. The molecule has 4 rings (SSSR count). The van der Waals surface area contributed by atoms with Gasteiger partial charge in [-0.05, 0) is 59.7 Å². The van der Waals surface area contributed by atoms with Gasteiger partial charge in [-0.15, -0.1) is 15.8 Å². The molecule has 0 aliphatic heterocycles. The number of anilines is 2. The monoisotopic (exact) mass is 409 g/mol. The molecule has 30 heavy (non-hydrogen) atoms. The van der Waals surface area contributed by atoms with Gasteiger partial charge in [-0.1, -0.05) is 19.9 Å². The number of amides is 1. The van der Waals surface area contributed by atoms with Gasteiger partial charge in [0.15, 0.2) is 0 Å². The van der Waals surface area contributed by atoms with E-state index in [9.17, 15) is 15.2 Å². The van der Waals surface area contributed by atoms with E-state index in [0.29, 0.717) is 11.2 Å². The number of hydrazine groups is 1. The number of nitrogen functional groups attached to an aromatic ring is 2.